The number of para-hydroxylation sites is 1. The van der Waals surface area contributed by atoms with E-state index in [1.807, 2.05) is 0 Å². The van der Waals surface area contributed by atoms with Crippen LogP contribution in [0.1, 0.15) is 56.2 Å². The summed E-state index contributed by atoms with van der Waals surface area (Å²) in [6.45, 7) is 2.29. The fourth-order valence-corrected chi connectivity index (χ4v) is 3.25. The fraction of sp³-hybridized carbons (Fsp3) is 0.500. The van der Waals surface area contributed by atoms with Crippen LogP contribution >= 0.6 is 0 Å². The third kappa shape index (κ3) is 1.88. The Hall–Kier alpha value is -1.24. The molecule has 17 heavy (non-hydrogen) atoms. The predicted octanol–water partition coefficient (Wildman–Crippen LogP) is 4.78. The Kier molecular flexibility index (Phi) is 2.92. The van der Waals surface area contributed by atoms with Gasteiger partial charge in [0.2, 0.25) is 0 Å². The molecule has 1 heterocycles. The van der Waals surface area contributed by atoms with Crippen molar-refractivity contribution in [2.45, 2.75) is 51.4 Å². The summed E-state index contributed by atoms with van der Waals surface area (Å²) in [5.74, 6) is 0.783. The van der Waals surface area contributed by atoms with Crippen LogP contribution in [0.2, 0.25) is 0 Å². The third-order valence-corrected chi connectivity index (χ3v) is 4.14. The van der Waals surface area contributed by atoms with Gasteiger partial charge >= 0.3 is 0 Å². The average Bonchev–Trinajstić information content (AvgIpc) is 2.75. The van der Waals surface area contributed by atoms with E-state index in [1.54, 1.807) is 11.3 Å². The lowest BCUT2D eigenvalue weighted by molar-refractivity contribution is 0.495. The van der Waals surface area contributed by atoms with Gasteiger partial charge in [-0.3, -0.25) is 0 Å². The number of nitrogens with one attached hydrogen (secondary N) is 1. The summed E-state index contributed by atoms with van der Waals surface area (Å²) in [6.07, 6.45) is 8.03. The molecule has 1 unspecified atom stereocenters. The van der Waals surface area contributed by atoms with E-state index in [4.69, 9.17) is 0 Å². The van der Waals surface area contributed by atoms with Gasteiger partial charge in [0, 0.05) is 16.6 Å². The normalized spacial score (nSPS) is 19.5. The monoisotopic (exact) mass is 227 g/mol. The molecule has 0 fully saturated rings. The van der Waals surface area contributed by atoms with Crippen LogP contribution in [-0.4, -0.2) is 4.98 Å². The van der Waals surface area contributed by atoms with E-state index in [1.165, 1.54) is 49.4 Å². The van der Waals surface area contributed by atoms with Gasteiger partial charge in [0.25, 0.3) is 0 Å². The lowest BCUT2D eigenvalue weighted by Gasteiger charge is -2.22. The number of fused-ring (bicyclic) bond motifs is 3. The number of unbranched alkanes of at least 4 members (excludes halogenated alkanes) is 1. The minimum absolute atomic E-state index is 0.783. The molecule has 1 nitrogen and oxygen atoms in total. The van der Waals surface area contributed by atoms with Crippen molar-refractivity contribution in [3.05, 3.63) is 35.5 Å². The maximum Gasteiger partial charge on any atom is 0.0459 e. The van der Waals surface area contributed by atoms with E-state index in [0.717, 1.165) is 5.92 Å². The fourth-order valence-electron chi connectivity index (χ4n) is 3.25. The zero-order valence-corrected chi connectivity index (χ0v) is 10.6. The van der Waals surface area contributed by atoms with Gasteiger partial charge in [-0.2, -0.15) is 0 Å². The molecular formula is C16H21N. The zero-order valence-electron chi connectivity index (χ0n) is 10.6. The molecule has 0 bridgehead atoms. The molecule has 0 saturated heterocycles. The summed E-state index contributed by atoms with van der Waals surface area (Å²) in [4.78, 5) is 3.68. The van der Waals surface area contributed by atoms with Gasteiger partial charge in [0.1, 0.15) is 0 Å². The highest BCUT2D eigenvalue weighted by molar-refractivity contribution is 5.85. The molecular weight excluding hydrogens is 206 g/mol. The van der Waals surface area contributed by atoms with Gasteiger partial charge in [-0.1, -0.05) is 38.0 Å². The number of aromatic amines is 1. The van der Waals surface area contributed by atoms with Gasteiger partial charge in [-0.15, -0.1) is 0 Å². The minimum atomic E-state index is 0.783. The van der Waals surface area contributed by atoms with Crippen LogP contribution < -0.4 is 0 Å². The first-order chi connectivity index (χ1) is 8.40. The maximum absolute atomic E-state index is 3.68. The molecule has 1 aromatic heterocycles. The number of aryl methyl sites for hydroxylation is 1. The molecule has 1 aromatic carbocycles. The SMILES string of the molecule is CCCCC1CCCc2c1[nH]c1ccccc21. The summed E-state index contributed by atoms with van der Waals surface area (Å²) in [5, 5.41) is 1.46. The van der Waals surface area contributed by atoms with Crippen LogP contribution in [0.25, 0.3) is 10.9 Å². The van der Waals surface area contributed by atoms with Gasteiger partial charge in [-0.05, 0) is 43.2 Å². The topological polar surface area (TPSA) is 15.8 Å². The first-order valence-electron chi connectivity index (χ1n) is 6.99. The Morgan fingerprint density at radius 3 is 3.06 bits per heavy atom. The maximum atomic E-state index is 3.68. The summed E-state index contributed by atoms with van der Waals surface area (Å²) in [7, 11) is 0. The number of hydrogen-bond acceptors (Lipinski definition) is 0. The van der Waals surface area contributed by atoms with Crippen molar-refractivity contribution in [3.8, 4) is 0 Å². The molecule has 1 heteroatoms. The van der Waals surface area contributed by atoms with Crippen molar-refractivity contribution in [2.24, 2.45) is 0 Å². The Bertz CT molecular complexity index is 509. The molecule has 1 atom stereocenters. The van der Waals surface area contributed by atoms with Crippen molar-refractivity contribution < 1.29 is 0 Å². The van der Waals surface area contributed by atoms with Crippen LogP contribution in [0.5, 0.6) is 0 Å². The van der Waals surface area contributed by atoms with Crippen molar-refractivity contribution in [3.63, 3.8) is 0 Å². The Morgan fingerprint density at radius 2 is 2.18 bits per heavy atom. The van der Waals surface area contributed by atoms with Crippen molar-refractivity contribution in [1.82, 2.24) is 4.98 Å². The highest BCUT2D eigenvalue weighted by Gasteiger charge is 2.23. The average molecular weight is 227 g/mol. The molecule has 3 rings (SSSR count). The van der Waals surface area contributed by atoms with E-state index in [9.17, 15) is 0 Å². The Labute approximate surface area is 103 Å². The van der Waals surface area contributed by atoms with Crippen molar-refractivity contribution >= 4 is 10.9 Å². The molecule has 0 radical (unpaired) electrons. The standard InChI is InChI=1S/C16H21N/c1-2-3-7-12-8-6-10-14-13-9-4-5-11-15(13)17-16(12)14/h4-5,9,11-12,17H,2-3,6-8,10H2,1H3. The number of rotatable bonds is 3. The molecule has 0 amide bonds. The molecule has 90 valence electrons. The van der Waals surface area contributed by atoms with Crippen LogP contribution in [0.4, 0.5) is 0 Å². The Morgan fingerprint density at radius 1 is 1.29 bits per heavy atom. The highest BCUT2D eigenvalue weighted by atomic mass is 14.7. The Balaban J connectivity index is 2.02. The highest BCUT2D eigenvalue weighted by Crippen LogP contribution is 2.38. The van der Waals surface area contributed by atoms with Crippen LogP contribution in [0.15, 0.2) is 24.3 Å². The second-order valence-electron chi connectivity index (χ2n) is 5.29. The summed E-state index contributed by atoms with van der Waals surface area (Å²) < 4.78 is 0. The van der Waals surface area contributed by atoms with Crippen LogP contribution in [-0.2, 0) is 6.42 Å². The lowest BCUT2D eigenvalue weighted by atomic mass is 9.84. The van der Waals surface area contributed by atoms with Crippen LogP contribution in [0.3, 0.4) is 0 Å². The largest absolute Gasteiger partial charge is 0.358 e. The first kappa shape index (κ1) is 10.9. The quantitative estimate of drug-likeness (QED) is 0.776. The van der Waals surface area contributed by atoms with E-state index in [-0.39, 0.29) is 0 Å². The zero-order chi connectivity index (χ0) is 11.7. The number of benzene rings is 1. The summed E-state index contributed by atoms with van der Waals surface area (Å²) in [5.41, 5.74) is 4.49. The van der Waals surface area contributed by atoms with E-state index in [2.05, 4.69) is 36.2 Å². The molecule has 0 spiro atoms. The predicted molar refractivity (Wildman–Crippen MR) is 73.5 cm³/mol. The smallest absolute Gasteiger partial charge is 0.0459 e. The van der Waals surface area contributed by atoms with E-state index >= 15 is 0 Å². The molecule has 0 aliphatic heterocycles. The third-order valence-electron chi connectivity index (χ3n) is 4.14. The van der Waals surface area contributed by atoms with E-state index < -0.39 is 0 Å². The van der Waals surface area contributed by atoms with Gasteiger partial charge in [-0.25, -0.2) is 0 Å². The van der Waals surface area contributed by atoms with Crippen molar-refractivity contribution in [2.75, 3.05) is 0 Å². The number of H-pyrrole nitrogens is 1. The molecule has 0 saturated carbocycles. The van der Waals surface area contributed by atoms with Gasteiger partial charge in [0.15, 0.2) is 0 Å². The summed E-state index contributed by atoms with van der Waals surface area (Å²) >= 11 is 0. The second-order valence-corrected chi connectivity index (χ2v) is 5.29. The lowest BCUT2D eigenvalue weighted by Crippen LogP contribution is -2.09. The van der Waals surface area contributed by atoms with Crippen molar-refractivity contribution in [1.29, 1.82) is 0 Å². The van der Waals surface area contributed by atoms with Gasteiger partial charge < -0.3 is 4.98 Å². The molecule has 1 N–H and O–H groups in total. The van der Waals surface area contributed by atoms with Gasteiger partial charge in [0.05, 0.1) is 0 Å². The number of aromatic nitrogens is 1. The summed E-state index contributed by atoms with van der Waals surface area (Å²) in [6, 6.07) is 8.77. The molecule has 1 aliphatic carbocycles. The minimum Gasteiger partial charge on any atom is -0.358 e. The first-order valence-corrected chi connectivity index (χ1v) is 6.99. The molecule has 1 aliphatic rings. The molecule has 2 aromatic rings. The van der Waals surface area contributed by atoms with E-state index in [0.29, 0.717) is 0 Å². The van der Waals surface area contributed by atoms with Crippen LogP contribution in [0, 0.1) is 0 Å². The second kappa shape index (κ2) is 4.56. The number of hydrogen-bond donors (Lipinski definition) is 1.